The van der Waals surface area contributed by atoms with Crippen LogP contribution in [0.1, 0.15) is 23.8 Å². The van der Waals surface area contributed by atoms with E-state index >= 15 is 0 Å². The number of ether oxygens (including phenoxy) is 1. The lowest BCUT2D eigenvalue weighted by atomic mass is 10.0. The minimum atomic E-state index is -4.05. The van der Waals surface area contributed by atoms with Crippen LogP contribution in [0.4, 0.5) is 0 Å². The molecule has 1 fully saturated rings. The molecular formula is C10H14N2O6S3. The first-order chi connectivity index (χ1) is 9.59. The third-order valence-corrected chi connectivity index (χ3v) is 7.95. The summed E-state index contributed by atoms with van der Waals surface area (Å²) in [4.78, 5) is 15.2. The lowest BCUT2D eigenvalue weighted by Gasteiger charge is -2.23. The molecule has 0 amide bonds. The number of carbonyl (C=O) groups is 1. The van der Waals surface area contributed by atoms with Crippen molar-refractivity contribution >= 4 is 37.2 Å². The number of methoxy groups -OCH3 is 1. The van der Waals surface area contributed by atoms with E-state index in [1.807, 2.05) is 0 Å². The van der Waals surface area contributed by atoms with Crippen LogP contribution >= 0.6 is 11.3 Å². The summed E-state index contributed by atoms with van der Waals surface area (Å²) in [7, 11) is -6.19. The van der Waals surface area contributed by atoms with Crippen molar-refractivity contribution in [3.63, 3.8) is 0 Å². The number of esters is 1. The van der Waals surface area contributed by atoms with Gasteiger partial charge < -0.3 is 4.74 Å². The van der Waals surface area contributed by atoms with E-state index in [0.717, 1.165) is 18.4 Å². The summed E-state index contributed by atoms with van der Waals surface area (Å²) in [5, 5.41) is 0. The number of sulfonamides is 1. The summed E-state index contributed by atoms with van der Waals surface area (Å²) in [5.41, 5.74) is -0.178. The van der Waals surface area contributed by atoms with Gasteiger partial charge in [-0.2, -0.15) is 0 Å². The predicted octanol–water partition coefficient (Wildman–Crippen LogP) is -0.215. The van der Waals surface area contributed by atoms with Crippen molar-refractivity contribution in [3.05, 3.63) is 11.2 Å². The van der Waals surface area contributed by atoms with Gasteiger partial charge in [0, 0.05) is 5.54 Å². The molecule has 0 radical (unpaired) electrons. The molecule has 1 N–H and O–H groups in total. The molecule has 1 aromatic rings. The number of rotatable bonds is 4. The Hall–Kier alpha value is -1.04. The van der Waals surface area contributed by atoms with Gasteiger partial charge in [-0.05, 0) is 13.3 Å². The van der Waals surface area contributed by atoms with Gasteiger partial charge in [-0.1, -0.05) is 0 Å². The third-order valence-electron chi connectivity index (χ3n) is 3.04. The van der Waals surface area contributed by atoms with Gasteiger partial charge in [-0.15, -0.1) is 11.3 Å². The van der Waals surface area contributed by atoms with E-state index in [1.54, 1.807) is 0 Å². The summed E-state index contributed by atoms with van der Waals surface area (Å²) in [6.45, 7) is 1.52. The Morgan fingerprint density at radius 1 is 1.52 bits per heavy atom. The van der Waals surface area contributed by atoms with Gasteiger partial charge in [-0.3, -0.25) is 0 Å². The van der Waals surface area contributed by atoms with Crippen molar-refractivity contribution in [1.82, 2.24) is 9.71 Å². The van der Waals surface area contributed by atoms with Crippen LogP contribution < -0.4 is 4.72 Å². The van der Waals surface area contributed by atoms with Crippen molar-refractivity contribution in [2.24, 2.45) is 0 Å². The van der Waals surface area contributed by atoms with Crippen LogP contribution in [0.2, 0.25) is 0 Å². The maximum atomic E-state index is 12.4. The molecule has 8 nitrogen and oxygen atoms in total. The highest BCUT2D eigenvalue weighted by molar-refractivity contribution is 7.92. The largest absolute Gasteiger partial charge is 0.464 e. The highest BCUT2D eigenvalue weighted by Gasteiger charge is 2.42. The second-order valence-electron chi connectivity index (χ2n) is 4.99. The van der Waals surface area contributed by atoms with Crippen LogP contribution in [-0.4, -0.2) is 51.9 Å². The molecule has 0 bridgehead atoms. The molecule has 1 aliphatic rings. The number of nitrogens with one attached hydrogen (secondary N) is 1. The molecule has 2 heterocycles. The van der Waals surface area contributed by atoms with Crippen molar-refractivity contribution in [2.75, 3.05) is 18.6 Å². The van der Waals surface area contributed by atoms with E-state index in [1.165, 1.54) is 12.4 Å². The third kappa shape index (κ3) is 3.42. The van der Waals surface area contributed by atoms with Crippen LogP contribution in [0.15, 0.2) is 9.72 Å². The maximum absolute atomic E-state index is 12.4. The summed E-state index contributed by atoms with van der Waals surface area (Å²) in [6.07, 6.45) is 0.181. The first-order valence-corrected chi connectivity index (χ1v) is 10.0. The zero-order valence-electron chi connectivity index (χ0n) is 11.3. The minimum absolute atomic E-state index is 0.0709. The average Bonchev–Trinajstić information content (AvgIpc) is 2.93. The van der Waals surface area contributed by atoms with Gasteiger partial charge in [0.2, 0.25) is 0 Å². The topological polar surface area (TPSA) is 120 Å². The fraction of sp³-hybridized carbons (Fsp3) is 0.600. The zero-order valence-corrected chi connectivity index (χ0v) is 13.8. The Bertz CT molecular complexity index is 766. The predicted molar refractivity (Wildman–Crippen MR) is 75.5 cm³/mol. The first kappa shape index (κ1) is 16.3. The standard InChI is InChI=1S/C10H14N2O6S3/c1-10(3-4-20(14,15)5-10)12-21(16,17)9-7(8(13)18-2)11-6-19-9/h6,12H,3-5H2,1-2H3. The van der Waals surface area contributed by atoms with Crippen molar-refractivity contribution in [1.29, 1.82) is 0 Å². The number of aromatic nitrogens is 1. The zero-order chi connectivity index (χ0) is 15.9. The highest BCUT2D eigenvalue weighted by Crippen LogP contribution is 2.27. The molecule has 1 aliphatic heterocycles. The summed E-state index contributed by atoms with van der Waals surface area (Å²) in [5.74, 6) is -1.20. The summed E-state index contributed by atoms with van der Waals surface area (Å²) < 4.78 is 54.3. The summed E-state index contributed by atoms with van der Waals surface area (Å²) >= 11 is 0.770. The molecule has 1 saturated heterocycles. The average molecular weight is 354 g/mol. The van der Waals surface area contributed by atoms with Crippen LogP contribution in [-0.2, 0) is 24.6 Å². The van der Waals surface area contributed by atoms with Crippen molar-refractivity contribution in [2.45, 2.75) is 23.1 Å². The van der Waals surface area contributed by atoms with Gasteiger partial charge >= 0.3 is 5.97 Å². The van der Waals surface area contributed by atoms with E-state index in [9.17, 15) is 21.6 Å². The molecule has 11 heteroatoms. The Morgan fingerprint density at radius 2 is 2.19 bits per heavy atom. The van der Waals surface area contributed by atoms with E-state index in [2.05, 4.69) is 14.4 Å². The van der Waals surface area contributed by atoms with Crippen LogP contribution in [0, 0.1) is 0 Å². The minimum Gasteiger partial charge on any atom is -0.464 e. The van der Waals surface area contributed by atoms with Gasteiger partial charge in [0.05, 0.1) is 24.1 Å². The van der Waals surface area contributed by atoms with E-state index < -0.39 is 31.4 Å². The Kier molecular flexibility index (Phi) is 4.12. The quantitative estimate of drug-likeness (QED) is 0.743. The molecule has 1 unspecified atom stereocenters. The molecule has 0 aliphatic carbocycles. The second kappa shape index (κ2) is 5.30. The fourth-order valence-corrected chi connectivity index (χ4v) is 6.87. The highest BCUT2D eigenvalue weighted by atomic mass is 32.2. The van der Waals surface area contributed by atoms with E-state index in [-0.39, 0.29) is 27.8 Å². The number of sulfone groups is 1. The van der Waals surface area contributed by atoms with Gasteiger partial charge in [0.25, 0.3) is 10.0 Å². The van der Waals surface area contributed by atoms with Crippen LogP contribution in [0.3, 0.4) is 0 Å². The number of nitrogens with zero attached hydrogens (tertiary/aromatic N) is 1. The number of thiazole rings is 1. The maximum Gasteiger partial charge on any atom is 0.358 e. The number of hydrogen-bond donors (Lipinski definition) is 1. The Labute approximate surface area is 126 Å². The number of hydrogen-bond acceptors (Lipinski definition) is 8. The van der Waals surface area contributed by atoms with Gasteiger partial charge in [0.1, 0.15) is 0 Å². The molecular weight excluding hydrogens is 340 g/mol. The monoisotopic (exact) mass is 354 g/mol. The van der Waals surface area contributed by atoms with E-state index in [0.29, 0.717) is 0 Å². The van der Waals surface area contributed by atoms with Crippen LogP contribution in [0.25, 0.3) is 0 Å². The van der Waals surface area contributed by atoms with Crippen LogP contribution in [0.5, 0.6) is 0 Å². The Balaban J connectivity index is 2.32. The van der Waals surface area contributed by atoms with Crippen molar-refractivity contribution < 1.29 is 26.4 Å². The SMILES string of the molecule is COC(=O)c1ncsc1S(=O)(=O)NC1(C)CCS(=O)(=O)C1. The van der Waals surface area contributed by atoms with Gasteiger partial charge in [-0.25, -0.2) is 31.3 Å². The molecule has 118 valence electrons. The molecule has 2 rings (SSSR count). The fourth-order valence-electron chi connectivity index (χ4n) is 2.12. The smallest absolute Gasteiger partial charge is 0.358 e. The molecule has 1 atom stereocenters. The lowest BCUT2D eigenvalue weighted by Crippen LogP contribution is -2.46. The molecule has 21 heavy (non-hydrogen) atoms. The molecule has 1 aromatic heterocycles. The summed E-state index contributed by atoms with van der Waals surface area (Å²) in [6, 6.07) is 0. The Morgan fingerprint density at radius 3 is 2.71 bits per heavy atom. The molecule has 0 saturated carbocycles. The van der Waals surface area contributed by atoms with Crippen molar-refractivity contribution in [3.8, 4) is 0 Å². The molecule has 0 spiro atoms. The van der Waals surface area contributed by atoms with Gasteiger partial charge in [0.15, 0.2) is 19.7 Å². The number of carbonyl (C=O) groups excluding carboxylic acids is 1. The molecule has 0 aromatic carbocycles. The second-order valence-corrected chi connectivity index (χ2v) is 9.90. The lowest BCUT2D eigenvalue weighted by molar-refractivity contribution is 0.0590. The van der Waals surface area contributed by atoms with E-state index in [4.69, 9.17) is 0 Å². The first-order valence-electron chi connectivity index (χ1n) is 5.85. The normalized spacial score (nSPS) is 24.9.